The maximum atomic E-state index is 10.7. The first-order chi connectivity index (χ1) is 7.13. The van der Waals surface area contributed by atoms with Crippen molar-refractivity contribution in [2.75, 3.05) is 13.1 Å². The van der Waals surface area contributed by atoms with E-state index in [2.05, 4.69) is 5.16 Å². The summed E-state index contributed by atoms with van der Waals surface area (Å²) in [5.41, 5.74) is 0. The molecule has 0 aliphatic rings. The Morgan fingerprint density at radius 2 is 2.47 bits per heavy atom. The molecule has 1 aromatic rings. The monoisotopic (exact) mass is 212 g/mol. The molecule has 1 unspecified atom stereocenters. The lowest BCUT2D eigenvalue weighted by molar-refractivity contribution is -0.141. The fraction of sp³-hybridized carbons (Fsp3) is 0.600. The van der Waals surface area contributed by atoms with Crippen LogP contribution in [-0.2, 0) is 11.3 Å². The number of aromatic nitrogens is 1. The lowest BCUT2D eigenvalue weighted by Gasteiger charge is -2.20. The van der Waals surface area contributed by atoms with Gasteiger partial charge in [0.05, 0.1) is 18.7 Å². The van der Waals surface area contributed by atoms with E-state index >= 15 is 0 Å². The van der Waals surface area contributed by atoms with Crippen molar-refractivity contribution >= 4 is 5.97 Å². The summed E-state index contributed by atoms with van der Waals surface area (Å²) in [4.78, 5) is 12.7. The highest BCUT2D eigenvalue weighted by molar-refractivity contribution is 5.69. The molecule has 5 heteroatoms. The molecule has 1 heterocycles. The van der Waals surface area contributed by atoms with Crippen LogP contribution >= 0.6 is 0 Å². The smallest absolute Gasteiger partial charge is 0.307 e. The lowest BCUT2D eigenvalue weighted by atomic mass is 10.1. The maximum Gasteiger partial charge on any atom is 0.307 e. The summed E-state index contributed by atoms with van der Waals surface area (Å²) in [7, 11) is 0. The van der Waals surface area contributed by atoms with E-state index in [1.165, 1.54) is 0 Å². The summed E-state index contributed by atoms with van der Waals surface area (Å²) in [5, 5.41) is 12.4. The molecule has 84 valence electrons. The predicted octanol–water partition coefficient (Wildman–Crippen LogP) is 1.22. The molecule has 1 aromatic heterocycles. The third kappa shape index (κ3) is 3.71. The first-order valence-corrected chi connectivity index (χ1v) is 4.98. The molecule has 0 aliphatic carbocycles. The number of aliphatic carboxylic acids is 1. The van der Waals surface area contributed by atoms with E-state index in [1.54, 1.807) is 19.2 Å². The molecule has 0 aliphatic heterocycles. The van der Waals surface area contributed by atoms with Gasteiger partial charge in [0.2, 0.25) is 0 Å². The van der Waals surface area contributed by atoms with E-state index in [0.717, 1.165) is 12.3 Å². The molecule has 0 saturated carbocycles. The van der Waals surface area contributed by atoms with E-state index in [1.807, 2.05) is 11.8 Å². The minimum absolute atomic E-state index is 0.368. The molecule has 15 heavy (non-hydrogen) atoms. The van der Waals surface area contributed by atoms with Crippen molar-refractivity contribution < 1.29 is 14.4 Å². The molecule has 0 saturated heterocycles. The third-order valence-electron chi connectivity index (χ3n) is 2.27. The number of nitrogens with zero attached hydrogens (tertiary/aromatic N) is 2. The Morgan fingerprint density at radius 3 is 2.93 bits per heavy atom. The highest BCUT2D eigenvalue weighted by atomic mass is 16.5. The average molecular weight is 212 g/mol. The van der Waals surface area contributed by atoms with Crippen molar-refractivity contribution in [1.29, 1.82) is 0 Å². The Morgan fingerprint density at radius 1 is 1.73 bits per heavy atom. The van der Waals surface area contributed by atoms with Gasteiger partial charge in [0, 0.05) is 12.6 Å². The van der Waals surface area contributed by atoms with Crippen LogP contribution in [0, 0.1) is 5.92 Å². The minimum atomic E-state index is -0.772. The molecule has 0 fully saturated rings. The van der Waals surface area contributed by atoms with Crippen LogP contribution < -0.4 is 0 Å². The van der Waals surface area contributed by atoms with Crippen LogP contribution in [0.25, 0.3) is 0 Å². The Balaban J connectivity index is 2.46. The summed E-state index contributed by atoms with van der Waals surface area (Å²) in [6, 6.07) is 1.79. The predicted molar refractivity (Wildman–Crippen MR) is 54.3 cm³/mol. The maximum absolute atomic E-state index is 10.7. The zero-order chi connectivity index (χ0) is 11.3. The molecule has 0 spiro atoms. The average Bonchev–Trinajstić information content (AvgIpc) is 2.69. The van der Waals surface area contributed by atoms with Gasteiger partial charge in [-0.25, -0.2) is 0 Å². The number of carboxylic acid groups (broad SMARTS) is 1. The second-order valence-corrected chi connectivity index (χ2v) is 3.55. The van der Waals surface area contributed by atoms with Gasteiger partial charge in [-0.3, -0.25) is 9.69 Å². The standard InChI is InChI=1S/C10H16N2O3/c1-3-12(6-8(2)10(13)14)7-9-4-5-11-15-9/h4-5,8H,3,6-7H2,1-2H3,(H,13,14). The number of carbonyl (C=O) groups is 1. The van der Waals surface area contributed by atoms with Gasteiger partial charge in [0.1, 0.15) is 0 Å². The minimum Gasteiger partial charge on any atom is -0.481 e. The summed E-state index contributed by atoms with van der Waals surface area (Å²) in [5.74, 6) is -0.381. The van der Waals surface area contributed by atoms with E-state index in [4.69, 9.17) is 9.63 Å². The molecular weight excluding hydrogens is 196 g/mol. The van der Waals surface area contributed by atoms with Crippen molar-refractivity contribution in [3.8, 4) is 0 Å². The Kier molecular flexibility index (Phi) is 4.30. The SMILES string of the molecule is CCN(Cc1ccno1)CC(C)C(=O)O. The molecule has 1 rings (SSSR count). The highest BCUT2D eigenvalue weighted by Gasteiger charge is 2.16. The van der Waals surface area contributed by atoms with Crippen LogP contribution in [0.4, 0.5) is 0 Å². The first kappa shape index (κ1) is 11.7. The largest absolute Gasteiger partial charge is 0.481 e. The van der Waals surface area contributed by atoms with Gasteiger partial charge in [-0.1, -0.05) is 19.0 Å². The van der Waals surface area contributed by atoms with Crippen molar-refractivity contribution in [2.24, 2.45) is 5.92 Å². The number of hydrogen-bond acceptors (Lipinski definition) is 4. The fourth-order valence-electron chi connectivity index (χ4n) is 1.31. The van der Waals surface area contributed by atoms with Crippen molar-refractivity contribution in [1.82, 2.24) is 10.1 Å². The van der Waals surface area contributed by atoms with Gasteiger partial charge in [0.25, 0.3) is 0 Å². The van der Waals surface area contributed by atoms with Crippen LogP contribution in [0.1, 0.15) is 19.6 Å². The molecule has 1 N–H and O–H groups in total. The zero-order valence-corrected chi connectivity index (χ0v) is 9.01. The second kappa shape index (κ2) is 5.50. The molecule has 5 nitrogen and oxygen atoms in total. The van der Waals surface area contributed by atoms with Gasteiger partial charge < -0.3 is 9.63 Å². The van der Waals surface area contributed by atoms with E-state index in [0.29, 0.717) is 13.1 Å². The van der Waals surface area contributed by atoms with Gasteiger partial charge in [-0.2, -0.15) is 0 Å². The molecular formula is C10H16N2O3. The second-order valence-electron chi connectivity index (χ2n) is 3.55. The van der Waals surface area contributed by atoms with Gasteiger partial charge >= 0.3 is 5.97 Å². The van der Waals surface area contributed by atoms with Crippen molar-refractivity contribution in [3.05, 3.63) is 18.0 Å². The first-order valence-electron chi connectivity index (χ1n) is 4.98. The van der Waals surface area contributed by atoms with E-state index < -0.39 is 5.97 Å². The van der Waals surface area contributed by atoms with Crippen molar-refractivity contribution in [2.45, 2.75) is 20.4 Å². The number of carboxylic acids is 1. The zero-order valence-electron chi connectivity index (χ0n) is 9.01. The Bertz CT molecular complexity index is 298. The topological polar surface area (TPSA) is 66.6 Å². The summed E-state index contributed by atoms with van der Waals surface area (Å²) in [6.45, 7) is 5.61. The van der Waals surface area contributed by atoms with Crippen LogP contribution in [0.3, 0.4) is 0 Å². The number of rotatable bonds is 6. The van der Waals surface area contributed by atoms with Gasteiger partial charge in [0.15, 0.2) is 5.76 Å². The van der Waals surface area contributed by atoms with Crippen LogP contribution in [0.2, 0.25) is 0 Å². The molecule has 1 atom stereocenters. The summed E-state index contributed by atoms with van der Waals surface area (Å²) < 4.78 is 4.97. The van der Waals surface area contributed by atoms with Crippen LogP contribution in [0.5, 0.6) is 0 Å². The number of hydrogen-bond donors (Lipinski definition) is 1. The normalized spacial score (nSPS) is 13.0. The molecule has 0 radical (unpaired) electrons. The summed E-state index contributed by atoms with van der Waals surface area (Å²) in [6.07, 6.45) is 1.59. The van der Waals surface area contributed by atoms with Gasteiger partial charge in [-0.05, 0) is 6.54 Å². The summed E-state index contributed by atoms with van der Waals surface area (Å²) >= 11 is 0. The quantitative estimate of drug-likeness (QED) is 0.767. The van der Waals surface area contributed by atoms with Crippen LogP contribution in [-0.4, -0.2) is 34.2 Å². The Labute approximate surface area is 88.7 Å². The third-order valence-corrected chi connectivity index (χ3v) is 2.27. The van der Waals surface area contributed by atoms with E-state index in [-0.39, 0.29) is 5.92 Å². The molecule has 0 aromatic carbocycles. The Hall–Kier alpha value is -1.36. The van der Waals surface area contributed by atoms with E-state index in [9.17, 15) is 4.79 Å². The van der Waals surface area contributed by atoms with Gasteiger partial charge in [-0.15, -0.1) is 0 Å². The van der Waals surface area contributed by atoms with Crippen LogP contribution in [0.15, 0.2) is 16.8 Å². The lowest BCUT2D eigenvalue weighted by Crippen LogP contribution is -2.31. The highest BCUT2D eigenvalue weighted by Crippen LogP contribution is 2.06. The fourth-order valence-corrected chi connectivity index (χ4v) is 1.31. The molecule has 0 amide bonds. The van der Waals surface area contributed by atoms with Crippen molar-refractivity contribution in [3.63, 3.8) is 0 Å². The molecule has 0 bridgehead atoms.